The molecule has 2 aliphatic rings. The first-order chi connectivity index (χ1) is 16.5. The summed E-state index contributed by atoms with van der Waals surface area (Å²) in [4.78, 5) is 36.0. The molecule has 0 radical (unpaired) electrons. The molecule has 0 saturated heterocycles. The number of benzene rings is 3. The number of hydrogen-bond donors (Lipinski definition) is 2. The molecular weight excluding hydrogens is 446 g/mol. The topological polar surface area (TPSA) is 138 Å². The van der Waals surface area contributed by atoms with Crippen molar-refractivity contribution >= 4 is 17.7 Å². The van der Waals surface area contributed by atoms with Crippen LogP contribution >= 0.6 is 0 Å². The lowest BCUT2D eigenvalue weighted by Gasteiger charge is -2.27. The van der Waals surface area contributed by atoms with Gasteiger partial charge in [-0.05, 0) is 18.2 Å². The van der Waals surface area contributed by atoms with Crippen LogP contribution in [-0.2, 0) is 16.1 Å². The van der Waals surface area contributed by atoms with E-state index in [1.54, 1.807) is 48.5 Å². The van der Waals surface area contributed by atoms with Gasteiger partial charge in [-0.2, -0.15) is 0 Å². The molecule has 34 heavy (non-hydrogen) atoms. The Kier molecular flexibility index (Phi) is 5.34. The van der Waals surface area contributed by atoms with Crippen molar-refractivity contribution in [1.29, 1.82) is 0 Å². The highest BCUT2D eigenvalue weighted by Gasteiger charge is 2.32. The third-order valence-corrected chi connectivity index (χ3v) is 5.36. The molecule has 0 atom stereocenters. The lowest BCUT2D eigenvalue weighted by molar-refractivity contribution is -0.385. The van der Waals surface area contributed by atoms with Crippen LogP contribution in [0.4, 0.5) is 10.5 Å². The Morgan fingerprint density at radius 2 is 1.56 bits per heavy atom. The van der Waals surface area contributed by atoms with Crippen LogP contribution < -0.4 is 25.1 Å². The molecule has 3 aromatic rings. The highest BCUT2D eigenvalue weighted by atomic mass is 16.7. The minimum absolute atomic E-state index is 0.0538. The number of nitro benzene ring substituents is 1. The maximum absolute atomic E-state index is 13.0. The van der Waals surface area contributed by atoms with Gasteiger partial charge in [0.25, 0.3) is 11.6 Å². The number of rotatable bonds is 4. The second kappa shape index (κ2) is 8.62. The second-order valence-electron chi connectivity index (χ2n) is 7.39. The minimum Gasteiger partial charge on any atom is -0.457 e. The van der Waals surface area contributed by atoms with E-state index in [0.717, 1.165) is 0 Å². The zero-order chi connectivity index (χ0) is 23.7. The molecule has 5 rings (SSSR count). The van der Waals surface area contributed by atoms with Crippen LogP contribution in [0.15, 0.2) is 60.7 Å². The number of para-hydroxylation sites is 2. The number of fused-ring (bicyclic) bond motifs is 3. The normalized spacial score (nSPS) is 13.2. The molecule has 2 amide bonds. The molecule has 11 heteroatoms. The molecule has 0 unspecified atom stereocenters. The number of amides is 2. The summed E-state index contributed by atoms with van der Waals surface area (Å²) in [6, 6.07) is 16.8. The summed E-state index contributed by atoms with van der Waals surface area (Å²) >= 11 is 0. The molecule has 3 aromatic carbocycles. The maximum atomic E-state index is 13.0. The number of nitro groups is 1. The zero-order valence-electron chi connectivity index (χ0n) is 17.5. The van der Waals surface area contributed by atoms with Crippen molar-refractivity contribution in [2.75, 3.05) is 6.79 Å². The van der Waals surface area contributed by atoms with Crippen molar-refractivity contribution in [3.63, 3.8) is 0 Å². The number of nitrogens with one attached hydrogen (secondary N) is 2. The fraction of sp³-hybridized carbons (Fsp3) is 0.130. The summed E-state index contributed by atoms with van der Waals surface area (Å²) < 4.78 is 21.3. The van der Waals surface area contributed by atoms with Crippen LogP contribution in [-0.4, -0.2) is 23.7 Å². The zero-order valence-corrected chi connectivity index (χ0v) is 17.5. The molecule has 2 N–H and O–H groups in total. The van der Waals surface area contributed by atoms with E-state index in [4.69, 9.17) is 18.9 Å². The lowest BCUT2D eigenvalue weighted by Crippen LogP contribution is -2.44. The molecule has 0 saturated carbocycles. The molecule has 0 aliphatic carbocycles. The van der Waals surface area contributed by atoms with Gasteiger partial charge in [-0.15, -0.1) is 0 Å². The predicted octanol–water partition coefficient (Wildman–Crippen LogP) is 3.52. The van der Waals surface area contributed by atoms with Gasteiger partial charge in [-0.1, -0.05) is 36.4 Å². The van der Waals surface area contributed by atoms with Crippen LogP contribution in [0.5, 0.6) is 23.0 Å². The van der Waals surface area contributed by atoms with E-state index in [1.165, 1.54) is 12.1 Å². The monoisotopic (exact) mass is 463 g/mol. The minimum atomic E-state index is -0.992. The molecule has 0 bridgehead atoms. The van der Waals surface area contributed by atoms with Crippen LogP contribution in [0.25, 0.3) is 0 Å². The number of ether oxygens (including phenoxy) is 4. The third-order valence-electron chi connectivity index (χ3n) is 5.36. The standard InChI is InChI=1S/C23H17N3O8/c27-22(21-14-5-1-3-7-17(14)34-18-8-4-2-6-15(18)21)24-25-23(28)31-11-13-9-19-20(33-12-32-19)10-16(13)26(29)30/h1-10,21H,11-12H2,(H,24,27)(H,25,28). The van der Waals surface area contributed by atoms with Crippen LogP contribution in [0.2, 0.25) is 0 Å². The number of hydrazine groups is 1. The first kappa shape index (κ1) is 21.1. The van der Waals surface area contributed by atoms with Crippen LogP contribution in [0, 0.1) is 10.1 Å². The summed E-state index contributed by atoms with van der Waals surface area (Å²) in [5, 5.41) is 11.3. The van der Waals surface area contributed by atoms with Gasteiger partial charge < -0.3 is 18.9 Å². The van der Waals surface area contributed by atoms with Gasteiger partial charge in [-0.3, -0.25) is 20.3 Å². The van der Waals surface area contributed by atoms with Crippen molar-refractivity contribution in [2.45, 2.75) is 12.5 Å². The number of nitrogens with zero attached hydrogens (tertiary/aromatic N) is 1. The van der Waals surface area contributed by atoms with Crippen molar-refractivity contribution in [3.8, 4) is 23.0 Å². The van der Waals surface area contributed by atoms with Gasteiger partial charge in [-0.25, -0.2) is 10.2 Å². The SMILES string of the molecule is O=C(NNC(=O)C1c2ccccc2Oc2ccccc21)OCc1cc2c(cc1[N+](=O)[O-])OCO2. The van der Waals surface area contributed by atoms with E-state index in [0.29, 0.717) is 28.4 Å². The van der Waals surface area contributed by atoms with Gasteiger partial charge in [0.2, 0.25) is 6.79 Å². The summed E-state index contributed by atoms with van der Waals surface area (Å²) in [7, 11) is 0. The smallest absolute Gasteiger partial charge is 0.426 e. The summed E-state index contributed by atoms with van der Waals surface area (Å²) in [6.45, 7) is -0.473. The fourth-order valence-electron chi connectivity index (χ4n) is 3.82. The number of carbonyl (C=O) groups is 2. The van der Waals surface area contributed by atoms with Crippen molar-refractivity contribution < 1.29 is 33.5 Å². The van der Waals surface area contributed by atoms with E-state index < -0.39 is 29.4 Å². The number of carbonyl (C=O) groups excluding carboxylic acids is 2. The quantitative estimate of drug-likeness (QED) is 0.443. The van der Waals surface area contributed by atoms with E-state index in [9.17, 15) is 19.7 Å². The van der Waals surface area contributed by atoms with E-state index >= 15 is 0 Å². The molecule has 0 aromatic heterocycles. The Morgan fingerprint density at radius 1 is 0.941 bits per heavy atom. The van der Waals surface area contributed by atoms with Crippen molar-refractivity contribution in [3.05, 3.63) is 87.5 Å². The molecule has 0 spiro atoms. The van der Waals surface area contributed by atoms with E-state index in [2.05, 4.69) is 10.9 Å². The van der Waals surface area contributed by atoms with E-state index in [-0.39, 0.29) is 23.8 Å². The Balaban J connectivity index is 1.26. The lowest BCUT2D eigenvalue weighted by atomic mass is 9.87. The Bertz CT molecular complexity index is 1260. The van der Waals surface area contributed by atoms with E-state index in [1.807, 2.05) is 0 Å². The Hall–Kier alpha value is -4.80. The number of hydrogen-bond acceptors (Lipinski definition) is 8. The summed E-state index contributed by atoms with van der Waals surface area (Å²) in [6.07, 6.45) is -0.992. The van der Waals surface area contributed by atoms with Gasteiger partial charge in [0, 0.05) is 11.1 Å². The van der Waals surface area contributed by atoms with Crippen LogP contribution in [0.3, 0.4) is 0 Å². The second-order valence-corrected chi connectivity index (χ2v) is 7.39. The molecular formula is C23H17N3O8. The van der Waals surface area contributed by atoms with Gasteiger partial charge in [0.1, 0.15) is 18.1 Å². The Morgan fingerprint density at radius 3 is 2.21 bits per heavy atom. The summed E-state index contributed by atoms with van der Waals surface area (Å²) in [5.41, 5.74) is 5.66. The molecule has 172 valence electrons. The molecule has 2 aliphatic heterocycles. The van der Waals surface area contributed by atoms with Crippen molar-refractivity contribution in [2.24, 2.45) is 0 Å². The first-order valence-electron chi connectivity index (χ1n) is 10.2. The maximum Gasteiger partial charge on any atom is 0.426 e. The summed E-state index contributed by atoms with van der Waals surface area (Å²) in [5.74, 6) is 0.405. The molecule has 0 fully saturated rings. The van der Waals surface area contributed by atoms with Gasteiger partial charge in [0.05, 0.1) is 22.5 Å². The average molecular weight is 463 g/mol. The highest BCUT2D eigenvalue weighted by molar-refractivity contribution is 5.90. The van der Waals surface area contributed by atoms with Gasteiger partial charge >= 0.3 is 6.09 Å². The third kappa shape index (κ3) is 3.90. The largest absolute Gasteiger partial charge is 0.457 e. The fourth-order valence-corrected chi connectivity index (χ4v) is 3.82. The molecule has 2 heterocycles. The van der Waals surface area contributed by atoms with Crippen LogP contribution in [0.1, 0.15) is 22.6 Å². The Labute approximate surface area is 192 Å². The van der Waals surface area contributed by atoms with Gasteiger partial charge in [0.15, 0.2) is 11.5 Å². The molecule has 11 nitrogen and oxygen atoms in total. The highest BCUT2D eigenvalue weighted by Crippen LogP contribution is 2.43. The van der Waals surface area contributed by atoms with Crippen molar-refractivity contribution in [1.82, 2.24) is 10.9 Å². The average Bonchev–Trinajstić information content (AvgIpc) is 3.31. The first-order valence-corrected chi connectivity index (χ1v) is 10.2. The predicted molar refractivity (Wildman–Crippen MR) is 115 cm³/mol.